The fourth-order valence-electron chi connectivity index (χ4n) is 1.55. The van der Waals surface area contributed by atoms with Gasteiger partial charge in [0.05, 0.1) is 0 Å². The van der Waals surface area contributed by atoms with Crippen molar-refractivity contribution in [2.45, 2.75) is 44.8 Å². The highest BCUT2D eigenvalue weighted by Gasteiger charge is 2.34. The molecule has 1 heterocycles. The molecular formula is C10H18OS. The molecule has 1 saturated heterocycles. The Morgan fingerprint density at radius 1 is 1.58 bits per heavy atom. The van der Waals surface area contributed by atoms with E-state index in [0.29, 0.717) is 0 Å². The Morgan fingerprint density at radius 2 is 2.25 bits per heavy atom. The van der Waals surface area contributed by atoms with Crippen molar-refractivity contribution in [2.75, 3.05) is 5.75 Å². The molecule has 1 rings (SSSR count). The molecule has 0 N–H and O–H groups in total. The minimum atomic E-state index is -0.587. The van der Waals surface area contributed by atoms with Gasteiger partial charge in [0.2, 0.25) is 0 Å². The van der Waals surface area contributed by atoms with Crippen LogP contribution in [0.3, 0.4) is 0 Å². The first-order chi connectivity index (χ1) is 5.54. The van der Waals surface area contributed by atoms with Gasteiger partial charge in [-0.2, -0.15) is 0 Å². The van der Waals surface area contributed by atoms with Crippen LogP contribution in [-0.2, 0) is 10.8 Å². The minimum absolute atomic E-state index is 0.0806. The van der Waals surface area contributed by atoms with Crippen molar-refractivity contribution in [2.24, 2.45) is 0 Å². The van der Waals surface area contributed by atoms with Crippen LogP contribution >= 0.6 is 0 Å². The zero-order valence-corrected chi connectivity index (χ0v) is 9.04. The first-order valence-corrected chi connectivity index (χ1v) is 5.88. The van der Waals surface area contributed by atoms with Crippen LogP contribution in [0.15, 0.2) is 11.6 Å². The highest BCUT2D eigenvalue weighted by Crippen LogP contribution is 2.32. The van der Waals surface area contributed by atoms with Crippen molar-refractivity contribution in [3.8, 4) is 0 Å². The summed E-state index contributed by atoms with van der Waals surface area (Å²) in [5.41, 5.74) is 1.33. The van der Waals surface area contributed by atoms with Crippen molar-refractivity contribution in [1.82, 2.24) is 0 Å². The van der Waals surface area contributed by atoms with Gasteiger partial charge in [-0.3, -0.25) is 4.21 Å². The van der Waals surface area contributed by atoms with Gasteiger partial charge in [0, 0.05) is 21.3 Å². The maximum Gasteiger partial charge on any atom is 0.0465 e. The predicted molar refractivity (Wildman–Crippen MR) is 54.7 cm³/mol. The number of rotatable bonds is 2. The molecule has 2 heteroatoms. The van der Waals surface area contributed by atoms with Gasteiger partial charge in [-0.25, -0.2) is 0 Å². The van der Waals surface area contributed by atoms with Gasteiger partial charge in [-0.15, -0.1) is 0 Å². The van der Waals surface area contributed by atoms with Crippen LogP contribution in [0.2, 0.25) is 0 Å². The van der Waals surface area contributed by atoms with E-state index in [1.807, 2.05) is 0 Å². The lowest BCUT2D eigenvalue weighted by molar-refractivity contribution is 0.588. The van der Waals surface area contributed by atoms with E-state index in [-0.39, 0.29) is 4.75 Å². The molecule has 1 aliphatic heterocycles. The Morgan fingerprint density at radius 3 is 2.67 bits per heavy atom. The van der Waals surface area contributed by atoms with Gasteiger partial charge in [0.25, 0.3) is 0 Å². The molecule has 0 aromatic heterocycles. The molecule has 0 bridgehead atoms. The molecule has 0 aliphatic carbocycles. The van der Waals surface area contributed by atoms with Crippen LogP contribution in [0, 0.1) is 0 Å². The second-order valence-corrected chi connectivity index (χ2v) is 6.17. The number of allylic oxidation sites excluding steroid dienone is 2. The molecule has 0 radical (unpaired) electrons. The third-order valence-electron chi connectivity index (χ3n) is 2.53. The summed E-state index contributed by atoms with van der Waals surface area (Å²) < 4.78 is 11.7. The van der Waals surface area contributed by atoms with E-state index in [4.69, 9.17) is 0 Å². The summed E-state index contributed by atoms with van der Waals surface area (Å²) in [6.07, 6.45) is 5.47. The predicted octanol–water partition coefficient (Wildman–Crippen LogP) is 2.64. The van der Waals surface area contributed by atoms with Crippen molar-refractivity contribution < 1.29 is 4.21 Å². The van der Waals surface area contributed by atoms with Crippen molar-refractivity contribution >= 4 is 10.8 Å². The summed E-state index contributed by atoms with van der Waals surface area (Å²) >= 11 is 0. The summed E-state index contributed by atoms with van der Waals surface area (Å²) in [6, 6.07) is 0. The highest BCUT2D eigenvalue weighted by molar-refractivity contribution is 7.86. The van der Waals surface area contributed by atoms with Crippen molar-refractivity contribution in [3.63, 3.8) is 0 Å². The molecule has 0 aromatic rings. The Hall–Kier alpha value is -0.110. The fourth-order valence-corrected chi connectivity index (χ4v) is 3.09. The summed E-state index contributed by atoms with van der Waals surface area (Å²) in [5.74, 6) is 0.910. The van der Waals surface area contributed by atoms with E-state index in [0.717, 1.165) is 25.0 Å². The quantitative estimate of drug-likeness (QED) is 0.606. The molecule has 2 unspecified atom stereocenters. The first-order valence-electron chi connectivity index (χ1n) is 4.56. The molecule has 0 spiro atoms. The summed E-state index contributed by atoms with van der Waals surface area (Å²) in [5, 5.41) is 0. The van der Waals surface area contributed by atoms with Gasteiger partial charge in [0.15, 0.2) is 0 Å². The molecule has 12 heavy (non-hydrogen) atoms. The molecule has 2 atom stereocenters. The standard InChI is InChI=1S/C10H18OS/c1-9(2)5-7-10(3)6-4-8-12(10)11/h5H,4,6-8H2,1-3H3. The molecule has 0 amide bonds. The van der Waals surface area contributed by atoms with Crippen LogP contribution in [0.4, 0.5) is 0 Å². The average Bonchev–Trinajstić information content (AvgIpc) is 2.30. The second-order valence-electron chi connectivity index (χ2n) is 4.09. The molecule has 0 saturated carbocycles. The van der Waals surface area contributed by atoms with E-state index in [1.165, 1.54) is 5.57 Å². The maximum atomic E-state index is 11.6. The highest BCUT2D eigenvalue weighted by atomic mass is 32.2. The summed E-state index contributed by atoms with van der Waals surface area (Å²) in [6.45, 7) is 6.35. The van der Waals surface area contributed by atoms with E-state index in [2.05, 4.69) is 26.8 Å². The van der Waals surface area contributed by atoms with Crippen LogP contribution in [0.5, 0.6) is 0 Å². The molecule has 70 valence electrons. The largest absolute Gasteiger partial charge is 0.259 e. The lowest BCUT2D eigenvalue weighted by Gasteiger charge is -2.20. The van der Waals surface area contributed by atoms with E-state index in [1.54, 1.807) is 0 Å². The molecular weight excluding hydrogens is 168 g/mol. The van der Waals surface area contributed by atoms with Crippen LogP contribution in [0.1, 0.15) is 40.0 Å². The zero-order valence-electron chi connectivity index (χ0n) is 8.22. The SMILES string of the molecule is CC(C)=CCC1(C)CCCS1=O. The van der Waals surface area contributed by atoms with Gasteiger partial charge >= 0.3 is 0 Å². The van der Waals surface area contributed by atoms with E-state index < -0.39 is 10.8 Å². The fraction of sp³-hybridized carbons (Fsp3) is 0.800. The first kappa shape index (κ1) is 9.97. The lowest BCUT2D eigenvalue weighted by atomic mass is 10.0. The lowest BCUT2D eigenvalue weighted by Crippen LogP contribution is -2.24. The Kier molecular flexibility index (Phi) is 3.10. The smallest absolute Gasteiger partial charge is 0.0465 e. The zero-order chi connectivity index (χ0) is 9.19. The molecule has 0 aromatic carbocycles. The Labute approximate surface area is 77.7 Å². The van der Waals surface area contributed by atoms with Gasteiger partial charge in [-0.05, 0) is 40.0 Å². The molecule has 1 aliphatic rings. The topological polar surface area (TPSA) is 17.1 Å². The van der Waals surface area contributed by atoms with E-state index >= 15 is 0 Å². The molecule has 1 nitrogen and oxygen atoms in total. The van der Waals surface area contributed by atoms with Crippen LogP contribution in [0.25, 0.3) is 0 Å². The Balaban J connectivity index is 2.60. The third-order valence-corrected chi connectivity index (χ3v) is 4.66. The average molecular weight is 186 g/mol. The molecule has 1 fully saturated rings. The second kappa shape index (κ2) is 3.73. The monoisotopic (exact) mass is 186 g/mol. The maximum absolute atomic E-state index is 11.6. The van der Waals surface area contributed by atoms with E-state index in [9.17, 15) is 4.21 Å². The van der Waals surface area contributed by atoms with Gasteiger partial charge in [-0.1, -0.05) is 11.6 Å². The van der Waals surface area contributed by atoms with Gasteiger partial charge < -0.3 is 0 Å². The van der Waals surface area contributed by atoms with Crippen LogP contribution in [-0.4, -0.2) is 14.7 Å². The van der Waals surface area contributed by atoms with Crippen LogP contribution < -0.4 is 0 Å². The minimum Gasteiger partial charge on any atom is -0.259 e. The summed E-state index contributed by atoms with van der Waals surface area (Å²) in [4.78, 5) is 0. The summed E-state index contributed by atoms with van der Waals surface area (Å²) in [7, 11) is -0.587. The number of hydrogen-bond donors (Lipinski definition) is 0. The normalized spacial score (nSPS) is 35.1. The Bertz CT molecular complexity index is 216. The van der Waals surface area contributed by atoms with Gasteiger partial charge in [0.1, 0.15) is 0 Å². The number of hydrogen-bond acceptors (Lipinski definition) is 1. The van der Waals surface area contributed by atoms with Crippen molar-refractivity contribution in [1.29, 1.82) is 0 Å². The van der Waals surface area contributed by atoms with Crippen molar-refractivity contribution in [3.05, 3.63) is 11.6 Å². The third kappa shape index (κ3) is 2.19.